The second-order valence-corrected chi connectivity index (χ2v) is 7.13. The summed E-state index contributed by atoms with van der Waals surface area (Å²) >= 11 is 0. The largest absolute Gasteiger partial charge is 0.481 e. The van der Waals surface area contributed by atoms with Gasteiger partial charge in [0.2, 0.25) is 0 Å². The Kier molecular flexibility index (Phi) is 14.1. The van der Waals surface area contributed by atoms with Crippen LogP contribution in [0.1, 0.15) is 71.1 Å². The van der Waals surface area contributed by atoms with Gasteiger partial charge in [-0.2, -0.15) is 0 Å². The maximum Gasteiger partial charge on any atom is 0.309 e. The monoisotopic (exact) mass is 386 g/mol. The van der Waals surface area contributed by atoms with Gasteiger partial charge in [0, 0.05) is 6.42 Å². The Labute approximate surface area is 162 Å². The second kappa shape index (κ2) is 15.2. The quantitative estimate of drug-likeness (QED) is 0.189. The smallest absolute Gasteiger partial charge is 0.309 e. The molecule has 0 spiro atoms. The molecule has 0 bridgehead atoms. The van der Waals surface area contributed by atoms with Crippen LogP contribution in [0.4, 0.5) is 0 Å². The zero-order valence-electron chi connectivity index (χ0n) is 16.6. The highest BCUT2D eigenvalue weighted by Gasteiger charge is 2.29. The normalized spacial score (nSPS) is 11.7. The molecule has 7 heteroatoms. The summed E-state index contributed by atoms with van der Waals surface area (Å²) in [5.41, 5.74) is 0. The Morgan fingerprint density at radius 3 is 1.56 bits per heavy atom. The van der Waals surface area contributed by atoms with Gasteiger partial charge in [-0.05, 0) is 12.8 Å². The van der Waals surface area contributed by atoms with Gasteiger partial charge in [-0.25, -0.2) is 0 Å². The van der Waals surface area contributed by atoms with E-state index in [0.29, 0.717) is 13.0 Å². The highest BCUT2D eigenvalue weighted by atomic mass is 16.4. The molecule has 27 heavy (non-hydrogen) atoms. The van der Waals surface area contributed by atoms with E-state index >= 15 is 0 Å². The van der Waals surface area contributed by atoms with Crippen LogP contribution in [-0.2, 0) is 14.4 Å². The summed E-state index contributed by atoms with van der Waals surface area (Å²) in [6, 6.07) is 0. The van der Waals surface area contributed by atoms with Crippen LogP contribution in [0.25, 0.3) is 0 Å². The summed E-state index contributed by atoms with van der Waals surface area (Å²) in [4.78, 5) is 33.0. The molecular formula is C20H36NO6+. The Balaban J connectivity index is 4.68. The fourth-order valence-electron chi connectivity index (χ4n) is 3.12. The van der Waals surface area contributed by atoms with Crippen molar-refractivity contribution in [3.8, 4) is 0 Å². The molecule has 0 aliphatic heterocycles. The van der Waals surface area contributed by atoms with Crippen molar-refractivity contribution in [1.29, 1.82) is 0 Å². The molecule has 0 amide bonds. The van der Waals surface area contributed by atoms with E-state index in [2.05, 4.69) is 19.1 Å². The molecule has 0 aromatic rings. The molecule has 0 aliphatic carbocycles. The number of carboxylic acids is 3. The predicted octanol–water partition coefficient (Wildman–Crippen LogP) is 3.53. The molecule has 0 fully saturated rings. The molecule has 0 unspecified atom stereocenters. The SMILES string of the molecule is CCCCCCC/C=C/CC[N+](CCC(=O)O)(CCC(=O)O)CCC(=O)O. The summed E-state index contributed by atoms with van der Waals surface area (Å²) in [7, 11) is 0. The van der Waals surface area contributed by atoms with Crippen LogP contribution in [-0.4, -0.2) is 63.9 Å². The van der Waals surface area contributed by atoms with Gasteiger partial charge in [-0.3, -0.25) is 14.4 Å². The van der Waals surface area contributed by atoms with Crippen LogP contribution in [0.15, 0.2) is 12.2 Å². The summed E-state index contributed by atoms with van der Waals surface area (Å²) < 4.78 is 0.214. The Morgan fingerprint density at radius 1 is 0.667 bits per heavy atom. The van der Waals surface area contributed by atoms with Gasteiger partial charge >= 0.3 is 17.9 Å². The standard InChI is InChI=1S/C20H35NO6/c1-2-3-4-5-6-7-8-9-10-14-21(15-11-18(22)23,16-12-19(24)25)17-13-20(26)27/h8-9H,2-7,10-17H2,1H3,(H2-,22,23,24,25,26,27)/p+1/b9-8+. The second-order valence-electron chi connectivity index (χ2n) is 7.13. The lowest BCUT2D eigenvalue weighted by molar-refractivity contribution is -0.926. The number of hydrogen-bond donors (Lipinski definition) is 3. The van der Waals surface area contributed by atoms with Crippen LogP contribution in [0.3, 0.4) is 0 Å². The molecule has 0 aliphatic rings. The number of carboxylic acid groups (broad SMARTS) is 3. The minimum atomic E-state index is -0.953. The highest BCUT2D eigenvalue weighted by molar-refractivity contribution is 5.67. The summed E-state index contributed by atoms with van der Waals surface area (Å²) in [6.45, 7) is 3.49. The first-order chi connectivity index (χ1) is 12.8. The third-order valence-corrected chi connectivity index (χ3v) is 4.81. The van der Waals surface area contributed by atoms with Gasteiger partial charge in [-0.1, -0.05) is 44.8 Å². The number of aliphatic carboxylic acids is 3. The molecule has 0 heterocycles. The third-order valence-electron chi connectivity index (χ3n) is 4.81. The van der Waals surface area contributed by atoms with E-state index in [1.165, 1.54) is 25.7 Å². The fourth-order valence-corrected chi connectivity index (χ4v) is 3.12. The van der Waals surface area contributed by atoms with Crippen molar-refractivity contribution in [2.45, 2.75) is 71.1 Å². The molecule has 0 aromatic heterocycles. The number of allylic oxidation sites excluding steroid dienone is 1. The predicted molar refractivity (Wildman–Crippen MR) is 104 cm³/mol. The van der Waals surface area contributed by atoms with E-state index in [0.717, 1.165) is 12.8 Å². The molecule has 7 nitrogen and oxygen atoms in total. The highest BCUT2D eigenvalue weighted by Crippen LogP contribution is 2.14. The van der Waals surface area contributed by atoms with Crippen molar-refractivity contribution in [3.05, 3.63) is 12.2 Å². The van der Waals surface area contributed by atoms with Crippen LogP contribution >= 0.6 is 0 Å². The van der Waals surface area contributed by atoms with E-state index in [-0.39, 0.29) is 43.4 Å². The Hall–Kier alpha value is -1.89. The Morgan fingerprint density at radius 2 is 1.11 bits per heavy atom. The van der Waals surface area contributed by atoms with Gasteiger partial charge in [0.25, 0.3) is 0 Å². The first-order valence-corrected chi connectivity index (χ1v) is 9.97. The number of carbonyl (C=O) groups is 3. The van der Waals surface area contributed by atoms with Gasteiger partial charge in [0.05, 0.1) is 45.4 Å². The van der Waals surface area contributed by atoms with Crippen LogP contribution < -0.4 is 0 Å². The van der Waals surface area contributed by atoms with E-state index in [1.807, 2.05) is 0 Å². The van der Waals surface area contributed by atoms with Gasteiger partial charge in [0.15, 0.2) is 0 Å². The molecule has 0 atom stereocenters. The van der Waals surface area contributed by atoms with E-state index < -0.39 is 17.9 Å². The maximum absolute atomic E-state index is 11.0. The molecule has 0 saturated heterocycles. The van der Waals surface area contributed by atoms with Gasteiger partial charge in [-0.15, -0.1) is 0 Å². The van der Waals surface area contributed by atoms with Gasteiger partial charge < -0.3 is 19.8 Å². The molecule has 0 radical (unpaired) electrons. The van der Waals surface area contributed by atoms with Crippen LogP contribution in [0, 0.1) is 0 Å². The zero-order valence-corrected chi connectivity index (χ0v) is 16.6. The first kappa shape index (κ1) is 25.1. The Bertz CT molecular complexity index is 430. The molecule has 156 valence electrons. The van der Waals surface area contributed by atoms with Crippen molar-refractivity contribution in [3.63, 3.8) is 0 Å². The molecule has 3 N–H and O–H groups in total. The lowest BCUT2D eigenvalue weighted by atomic mass is 10.1. The van der Waals surface area contributed by atoms with Crippen molar-refractivity contribution in [2.75, 3.05) is 26.2 Å². The van der Waals surface area contributed by atoms with E-state index in [1.54, 1.807) is 0 Å². The average Bonchev–Trinajstić information content (AvgIpc) is 2.61. The lowest BCUT2D eigenvalue weighted by Crippen LogP contribution is -2.52. The number of nitrogens with zero attached hydrogens (tertiary/aromatic N) is 1. The van der Waals surface area contributed by atoms with Gasteiger partial charge in [0.1, 0.15) is 0 Å². The summed E-state index contributed by atoms with van der Waals surface area (Å²) in [5, 5.41) is 27.0. The number of quaternary nitrogens is 1. The van der Waals surface area contributed by atoms with Crippen LogP contribution in [0.5, 0.6) is 0 Å². The first-order valence-electron chi connectivity index (χ1n) is 9.97. The molecule has 0 aromatic carbocycles. The van der Waals surface area contributed by atoms with Crippen molar-refractivity contribution in [2.24, 2.45) is 0 Å². The minimum Gasteiger partial charge on any atom is -0.481 e. The van der Waals surface area contributed by atoms with E-state index in [9.17, 15) is 14.4 Å². The average molecular weight is 387 g/mol. The van der Waals surface area contributed by atoms with Crippen molar-refractivity contribution >= 4 is 17.9 Å². The minimum absolute atomic E-state index is 0.0968. The molecule has 0 rings (SSSR count). The lowest BCUT2D eigenvalue weighted by Gasteiger charge is -2.37. The maximum atomic E-state index is 11.0. The number of rotatable bonds is 18. The third kappa shape index (κ3) is 14.9. The molecule has 0 saturated carbocycles. The van der Waals surface area contributed by atoms with Crippen molar-refractivity contribution in [1.82, 2.24) is 0 Å². The van der Waals surface area contributed by atoms with Crippen molar-refractivity contribution < 1.29 is 34.2 Å². The molecular weight excluding hydrogens is 350 g/mol. The number of hydrogen-bond acceptors (Lipinski definition) is 3. The van der Waals surface area contributed by atoms with Crippen LogP contribution in [0.2, 0.25) is 0 Å². The van der Waals surface area contributed by atoms with E-state index in [4.69, 9.17) is 15.3 Å². The number of unbranched alkanes of at least 4 members (excludes halogenated alkanes) is 5. The topological polar surface area (TPSA) is 112 Å². The summed E-state index contributed by atoms with van der Waals surface area (Å²) in [6.07, 6.45) is 11.7. The zero-order chi connectivity index (χ0) is 20.5. The summed E-state index contributed by atoms with van der Waals surface area (Å²) in [5.74, 6) is -2.86. The fraction of sp³-hybridized carbons (Fsp3) is 0.750.